The monoisotopic (exact) mass is 200 g/mol. The average Bonchev–Trinajstić information content (AvgIpc) is 2.95. The maximum absolute atomic E-state index is 5.08. The molecule has 1 saturated carbocycles. The van der Waals surface area contributed by atoms with Gasteiger partial charge in [-0.15, -0.1) is 0 Å². The maximum Gasteiger partial charge on any atom is 0.0499 e. The normalized spacial score (nSPS) is 18.9. The van der Waals surface area contributed by atoms with Gasteiger partial charge in [-0.3, -0.25) is 0 Å². The Hall–Kier alpha value is -0.120. The van der Waals surface area contributed by atoms with Gasteiger partial charge in [0, 0.05) is 32.8 Å². The zero-order valence-electron chi connectivity index (χ0n) is 9.75. The van der Waals surface area contributed by atoms with E-state index in [0.29, 0.717) is 5.92 Å². The van der Waals surface area contributed by atoms with E-state index >= 15 is 0 Å². The minimum absolute atomic E-state index is 0.617. The quantitative estimate of drug-likeness (QED) is 0.591. The fourth-order valence-electron chi connectivity index (χ4n) is 1.65. The van der Waals surface area contributed by atoms with Gasteiger partial charge in [0.2, 0.25) is 0 Å². The van der Waals surface area contributed by atoms with Crippen LogP contribution in [0.15, 0.2) is 0 Å². The van der Waals surface area contributed by atoms with Crippen molar-refractivity contribution in [1.29, 1.82) is 0 Å². The summed E-state index contributed by atoms with van der Waals surface area (Å²) < 4.78 is 5.08. The molecule has 0 amide bonds. The first-order valence-electron chi connectivity index (χ1n) is 5.64. The number of methoxy groups -OCH3 is 1. The molecule has 1 aliphatic carbocycles. The van der Waals surface area contributed by atoms with Gasteiger partial charge < -0.3 is 15.0 Å². The van der Waals surface area contributed by atoms with E-state index in [-0.39, 0.29) is 0 Å². The predicted octanol–water partition coefficient (Wildman–Crippen LogP) is 0.953. The zero-order valence-corrected chi connectivity index (χ0v) is 9.75. The third kappa shape index (κ3) is 4.94. The zero-order chi connectivity index (χ0) is 10.4. The standard InChI is InChI=1S/C11H24N2O/c1-10(9-14-3)8-12-6-7-13(2)11-4-5-11/h10-12H,4-9H2,1-3H3. The number of rotatable bonds is 8. The van der Waals surface area contributed by atoms with Crippen LogP contribution in [0, 0.1) is 5.92 Å². The van der Waals surface area contributed by atoms with Crippen molar-refractivity contribution >= 4 is 0 Å². The highest BCUT2D eigenvalue weighted by Gasteiger charge is 2.25. The van der Waals surface area contributed by atoms with Crippen LogP contribution in [0.5, 0.6) is 0 Å². The minimum atomic E-state index is 0.617. The molecule has 0 aromatic carbocycles. The van der Waals surface area contributed by atoms with Crippen molar-refractivity contribution in [3.63, 3.8) is 0 Å². The van der Waals surface area contributed by atoms with Crippen molar-refractivity contribution in [3.05, 3.63) is 0 Å². The number of hydrogen-bond acceptors (Lipinski definition) is 3. The molecule has 0 aromatic rings. The van der Waals surface area contributed by atoms with Crippen LogP contribution in [0.2, 0.25) is 0 Å². The van der Waals surface area contributed by atoms with Crippen molar-refractivity contribution in [1.82, 2.24) is 10.2 Å². The van der Waals surface area contributed by atoms with E-state index < -0.39 is 0 Å². The third-order valence-corrected chi connectivity index (χ3v) is 2.76. The SMILES string of the molecule is COCC(C)CNCCN(C)C1CC1. The number of hydrogen-bond donors (Lipinski definition) is 1. The molecular weight excluding hydrogens is 176 g/mol. The highest BCUT2D eigenvalue weighted by Crippen LogP contribution is 2.24. The highest BCUT2D eigenvalue weighted by atomic mass is 16.5. The topological polar surface area (TPSA) is 24.5 Å². The summed E-state index contributed by atoms with van der Waals surface area (Å²) in [6.45, 7) is 6.39. The Morgan fingerprint density at radius 1 is 1.50 bits per heavy atom. The van der Waals surface area contributed by atoms with Crippen LogP contribution < -0.4 is 5.32 Å². The fraction of sp³-hybridized carbons (Fsp3) is 1.00. The molecule has 0 heterocycles. The summed E-state index contributed by atoms with van der Waals surface area (Å²) in [5.74, 6) is 0.617. The number of nitrogens with one attached hydrogen (secondary N) is 1. The van der Waals surface area contributed by atoms with Crippen LogP contribution in [0.3, 0.4) is 0 Å². The maximum atomic E-state index is 5.08. The van der Waals surface area contributed by atoms with Gasteiger partial charge >= 0.3 is 0 Å². The second-order valence-corrected chi connectivity index (χ2v) is 4.48. The average molecular weight is 200 g/mol. The molecule has 0 aliphatic heterocycles. The Balaban J connectivity index is 1.87. The highest BCUT2D eigenvalue weighted by molar-refractivity contribution is 4.82. The predicted molar refractivity (Wildman–Crippen MR) is 59.6 cm³/mol. The van der Waals surface area contributed by atoms with Crippen LogP contribution in [0.25, 0.3) is 0 Å². The molecule has 84 valence electrons. The first kappa shape index (κ1) is 12.0. The number of nitrogens with zero attached hydrogens (tertiary/aromatic N) is 1. The van der Waals surface area contributed by atoms with E-state index in [1.165, 1.54) is 19.4 Å². The van der Waals surface area contributed by atoms with Crippen molar-refractivity contribution in [2.75, 3.05) is 40.4 Å². The van der Waals surface area contributed by atoms with Crippen molar-refractivity contribution in [3.8, 4) is 0 Å². The Bertz CT molecular complexity index is 148. The Morgan fingerprint density at radius 3 is 2.79 bits per heavy atom. The van der Waals surface area contributed by atoms with Gasteiger partial charge in [-0.1, -0.05) is 6.92 Å². The first-order valence-corrected chi connectivity index (χ1v) is 5.64. The Kier molecular flexibility index (Phi) is 5.45. The van der Waals surface area contributed by atoms with Crippen molar-refractivity contribution < 1.29 is 4.74 Å². The van der Waals surface area contributed by atoms with Crippen LogP contribution in [0.4, 0.5) is 0 Å². The summed E-state index contributed by atoms with van der Waals surface area (Å²) in [6.07, 6.45) is 2.80. The molecule has 0 spiro atoms. The summed E-state index contributed by atoms with van der Waals surface area (Å²) >= 11 is 0. The molecule has 1 unspecified atom stereocenters. The summed E-state index contributed by atoms with van der Waals surface area (Å²) in [7, 11) is 3.98. The molecule has 0 radical (unpaired) electrons. The molecular formula is C11H24N2O. The lowest BCUT2D eigenvalue weighted by Gasteiger charge is -2.17. The molecule has 14 heavy (non-hydrogen) atoms. The number of likely N-dealkylation sites (N-methyl/N-ethyl adjacent to an activating group) is 1. The lowest BCUT2D eigenvalue weighted by atomic mass is 10.2. The van der Waals surface area contributed by atoms with E-state index in [4.69, 9.17) is 4.74 Å². The molecule has 1 N–H and O–H groups in total. The molecule has 1 aliphatic rings. The largest absolute Gasteiger partial charge is 0.384 e. The van der Waals surface area contributed by atoms with Gasteiger partial charge in [0.1, 0.15) is 0 Å². The van der Waals surface area contributed by atoms with E-state index in [1.54, 1.807) is 7.11 Å². The molecule has 0 saturated heterocycles. The Morgan fingerprint density at radius 2 is 2.21 bits per heavy atom. The molecule has 3 nitrogen and oxygen atoms in total. The van der Waals surface area contributed by atoms with Crippen LogP contribution in [-0.2, 0) is 4.74 Å². The van der Waals surface area contributed by atoms with Crippen LogP contribution >= 0.6 is 0 Å². The minimum Gasteiger partial charge on any atom is -0.384 e. The molecule has 0 bridgehead atoms. The lowest BCUT2D eigenvalue weighted by molar-refractivity contribution is 0.158. The van der Waals surface area contributed by atoms with Gasteiger partial charge in [-0.2, -0.15) is 0 Å². The molecule has 0 aromatic heterocycles. The molecule has 3 heteroatoms. The van der Waals surface area contributed by atoms with Crippen LogP contribution in [-0.4, -0.2) is 51.3 Å². The lowest BCUT2D eigenvalue weighted by Crippen LogP contribution is -2.33. The smallest absolute Gasteiger partial charge is 0.0499 e. The fourth-order valence-corrected chi connectivity index (χ4v) is 1.65. The molecule has 1 rings (SSSR count). The summed E-state index contributed by atoms with van der Waals surface area (Å²) in [5.41, 5.74) is 0. The van der Waals surface area contributed by atoms with E-state index in [1.807, 2.05) is 0 Å². The third-order valence-electron chi connectivity index (χ3n) is 2.76. The second-order valence-electron chi connectivity index (χ2n) is 4.48. The van der Waals surface area contributed by atoms with E-state index in [2.05, 4.69) is 24.2 Å². The van der Waals surface area contributed by atoms with Crippen LogP contribution in [0.1, 0.15) is 19.8 Å². The van der Waals surface area contributed by atoms with Gasteiger partial charge in [-0.25, -0.2) is 0 Å². The van der Waals surface area contributed by atoms with Crippen molar-refractivity contribution in [2.24, 2.45) is 5.92 Å². The van der Waals surface area contributed by atoms with Crippen molar-refractivity contribution in [2.45, 2.75) is 25.8 Å². The Labute approximate surface area is 87.8 Å². The molecule has 1 atom stereocenters. The summed E-state index contributed by atoms with van der Waals surface area (Å²) in [5, 5.41) is 3.46. The van der Waals surface area contributed by atoms with E-state index in [9.17, 15) is 0 Å². The summed E-state index contributed by atoms with van der Waals surface area (Å²) in [4.78, 5) is 2.45. The number of ether oxygens (including phenoxy) is 1. The summed E-state index contributed by atoms with van der Waals surface area (Å²) in [6, 6.07) is 0.883. The molecule has 1 fully saturated rings. The van der Waals surface area contributed by atoms with Gasteiger partial charge in [0.25, 0.3) is 0 Å². The van der Waals surface area contributed by atoms with Gasteiger partial charge in [-0.05, 0) is 32.4 Å². The first-order chi connectivity index (χ1) is 6.74. The van der Waals surface area contributed by atoms with Gasteiger partial charge in [0.15, 0.2) is 0 Å². The van der Waals surface area contributed by atoms with E-state index in [0.717, 1.165) is 25.7 Å². The second kappa shape index (κ2) is 6.38. The van der Waals surface area contributed by atoms with Gasteiger partial charge in [0.05, 0.1) is 0 Å².